The second-order valence-corrected chi connectivity index (χ2v) is 2.58. The first-order valence-corrected chi connectivity index (χ1v) is 3.56. The SMILES string of the molecule is CC(=O)NCCCC(N)=S. The first kappa shape index (κ1) is 9.36. The maximum absolute atomic E-state index is 10.3. The van der Waals surface area contributed by atoms with Crippen molar-refractivity contribution in [1.82, 2.24) is 5.32 Å². The molecule has 0 rings (SSSR count). The van der Waals surface area contributed by atoms with E-state index in [1.54, 1.807) is 0 Å². The summed E-state index contributed by atoms with van der Waals surface area (Å²) in [5.41, 5.74) is 5.23. The fourth-order valence-electron chi connectivity index (χ4n) is 0.527. The van der Waals surface area contributed by atoms with Gasteiger partial charge in [0.1, 0.15) is 0 Å². The van der Waals surface area contributed by atoms with Crippen LogP contribution in [0.25, 0.3) is 0 Å². The van der Waals surface area contributed by atoms with Gasteiger partial charge < -0.3 is 11.1 Å². The standard InChI is InChI=1S/C6H12N2OS/c1-5(9)8-4-2-3-6(7)10/h2-4H2,1H3,(H2,7,10)(H,8,9). The summed E-state index contributed by atoms with van der Waals surface area (Å²) in [5, 5.41) is 2.65. The molecule has 0 fully saturated rings. The number of rotatable bonds is 4. The molecule has 0 radical (unpaired) electrons. The molecule has 0 bridgehead atoms. The molecule has 3 nitrogen and oxygen atoms in total. The lowest BCUT2D eigenvalue weighted by atomic mass is 10.3. The lowest BCUT2D eigenvalue weighted by Gasteiger charge is -1.99. The molecule has 0 saturated carbocycles. The number of hydrogen-bond donors (Lipinski definition) is 2. The van der Waals surface area contributed by atoms with E-state index in [-0.39, 0.29) is 5.91 Å². The van der Waals surface area contributed by atoms with E-state index in [2.05, 4.69) is 17.5 Å². The van der Waals surface area contributed by atoms with Gasteiger partial charge in [0.15, 0.2) is 0 Å². The Morgan fingerprint density at radius 1 is 1.70 bits per heavy atom. The van der Waals surface area contributed by atoms with Gasteiger partial charge in [-0.05, 0) is 12.8 Å². The van der Waals surface area contributed by atoms with Crippen molar-refractivity contribution in [2.24, 2.45) is 5.73 Å². The average Bonchev–Trinajstić information content (AvgIpc) is 1.79. The Balaban J connectivity index is 3.06. The lowest BCUT2D eigenvalue weighted by molar-refractivity contribution is -0.118. The van der Waals surface area contributed by atoms with Crippen LogP contribution < -0.4 is 11.1 Å². The Kier molecular flexibility index (Phi) is 4.84. The highest BCUT2D eigenvalue weighted by atomic mass is 32.1. The van der Waals surface area contributed by atoms with Crippen molar-refractivity contribution >= 4 is 23.1 Å². The van der Waals surface area contributed by atoms with E-state index in [9.17, 15) is 4.79 Å². The fraction of sp³-hybridized carbons (Fsp3) is 0.667. The third-order valence-corrected chi connectivity index (χ3v) is 1.18. The molecule has 0 aromatic rings. The van der Waals surface area contributed by atoms with Crippen LogP contribution in [0.5, 0.6) is 0 Å². The van der Waals surface area contributed by atoms with Crippen LogP contribution >= 0.6 is 12.2 Å². The minimum atomic E-state index is -0.0112. The molecule has 0 atom stereocenters. The zero-order valence-electron chi connectivity index (χ0n) is 6.02. The fourth-order valence-corrected chi connectivity index (χ4v) is 0.671. The van der Waals surface area contributed by atoms with Gasteiger partial charge in [0.25, 0.3) is 0 Å². The molecular formula is C6H12N2OS. The Bertz CT molecular complexity index is 120. The van der Waals surface area contributed by atoms with Gasteiger partial charge in [0.05, 0.1) is 4.99 Å². The van der Waals surface area contributed by atoms with Crippen LogP contribution in [-0.2, 0) is 4.79 Å². The summed E-state index contributed by atoms with van der Waals surface area (Å²) in [6.45, 7) is 2.15. The average molecular weight is 160 g/mol. The monoisotopic (exact) mass is 160 g/mol. The Hall–Kier alpha value is -0.640. The molecule has 0 aliphatic heterocycles. The zero-order valence-corrected chi connectivity index (χ0v) is 6.83. The van der Waals surface area contributed by atoms with Gasteiger partial charge in [0, 0.05) is 13.5 Å². The summed E-state index contributed by atoms with van der Waals surface area (Å²) >= 11 is 4.64. The molecule has 0 aromatic heterocycles. The van der Waals surface area contributed by atoms with Crippen molar-refractivity contribution < 1.29 is 4.79 Å². The number of carbonyl (C=O) groups is 1. The highest BCUT2D eigenvalue weighted by molar-refractivity contribution is 7.80. The molecule has 0 unspecified atom stereocenters. The number of amides is 1. The lowest BCUT2D eigenvalue weighted by Crippen LogP contribution is -2.22. The van der Waals surface area contributed by atoms with Crippen LogP contribution in [0.2, 0.25) is 0 Å². The van der Waals surface area contributed by atoms with Crippen LogP contribution in [0.1, 0.15) is 19.8 Å². The van der Waals surface area contributed by atoms with Crippen molar-refractivity contribution in [2.45, 2.75) is 19.8 Å². The Morgan fingerprint density at radius 3 is 2.70 bits per heavy atom. The molecule has 0 aliphatic rings. The first-order valence-electron chi connectivity index (χ1n) is 3.15. The predicted octanol–water partition coefficient (Wildman–Crippen LogP) is 0.189. The number of hydrogen-bond acceptors (Lipinski definition) is 2. The smallest absolute Gasteiger partial charge is 0.216 e. The minimum absolute atomic E-state index is 0.0112. The van der Waals surface area contributed by atoms with Crippen LogP contribution in [0.3, 0.4) is 0 Å². The number of nitrogens with one attached hydrogen (secondary N) is 1. The highest BCUT2D eigenvalue weighted by Gasteiger charge is 1.91. The second-order valence-electron chi connectivity index (χ2n) is 2.05. The van der Waals surface area contributed by atoms with Crippen molar-refractivity contribution in [2.75, 3.05) is 6.54 Å². The molecule has 1 amide bonds. The topological polar surface area (TPSA) is 55.1 Å². The second kappa shape index (κ2) is 5.17. The quantitative estimate of drug-likeness (QED) is 0.456. The van der Waals surface area contributed by atoms with Gasteiger partial charge in [-0.2, -0.15) is 0 Å². The number of nitrogens with two attached hydrogens (primary N) is 1. The summed E-state index contributed by atoms with van der Waals surface area (Å²) < 4.78 is 0. The van der Waals surface area contributed by atoms with Crippen molar-refractivity contribution in [3.05, 3.63) is 0 Å². The normalized spacial score (nSPS) is 8.90. The van der Waals surface area contributed by atoms with E-state index in [0.717, 1.165) is 6.42 Å². The van der Waals surface area contributed by atoms with E-state index >= 15 is 0 Å². The van der Waals surface area contributed by atoms with Crippen LogP contribution in [0.4, 0.5) is 0 Å². The molecule has 3 N–H and O–H groups in total. The van der Waals surface area contributed by atoms with Gasteiger partial charge >= 0.3 is 0 Å². The maximum atomic E-state index is 10.3. The zero-order chi connectivity index (χ0) is 7.98. The van der Waals surface area contributed by atoms with Crippen LogP contribution in [0, 0.1) is 0 Å². The van der Waals surface area contributed by atoms with Crippen molar-refractivity contribution in [3.8, 4) is 0 Å². The highest BCUT2D eigenvalue weighted by Crippen LogP contribution is 1.85. The van der Waals surface area contributed by atoms with Gasteiger partial charge in [0.2, 0.25) is 5.91 Å². The van der Waals surface area contributed by atoms with Crippen molar-refractivity contribution in [1.29, 1.82) is 0 Å². The molecule has 0 heterocycles. The molecule has 10 heavy (non-hydrogen) atoms. The minimum Gasteiger partial charge on any atom is -0.393 e. The van der Waals surface area contributed by atoms with E-state index < -0.39 is 0 Å². The summed E-state index contributed by atoms with van der Waals surface area (Å²) in [6, 6.07) is 0. The van der Waals surface area contributed by atoms with E-state index in [1.165, 1.54) is 6.92 Å². The third-order valence-electron chi connectivity index (χ3n) is 0.974. The number of carbonyl (C=O) groups excluding carboxylic acids is 1. The van der Waals surface area contributed by atoms with Gasteiger partial charge in [-0.3, -0.25) is 4.79 Å². The number of thiocarbonyl (C=S) groups is 1. The van der Waals surface area contributed by atoms with E-state index in [1.807, 2.05) is 0 Å². The summed E-state index contributed by atoms with van der Waals surface area (Å²) in [6.07, 6.45) is 1.53. The molecule has 0 spiro atoms. The summed E-state index contributed by atoms with van der Waals surface area (Å²) in [4.78, 5) is 10.8. The summed E-state index contributed by atoms with van der Waals surface area (Å²) in [5.74, 6) is -0.0112. The van der Waals surface area contributed by atoms with E-state index in [0.29, 0.717) is 18.0 Å². The molecule has 0 aromatic carbocycles. The van der Waals surface area contributed by atoms with Gasteiger partial charge in [-0.25, -0.2) is 0 Å². The Morgan fingerprint density at radius 2 is 2.30 bits per heavy atom. The molecule has 0 saturated heterocycles. The molecular weight excluding hydrogens is 148 g/mol. The molecule has 4 heteroatoms. The van der Waals surface area contributed by atoms with Gasteiger partial charge in [-0.15, -0.1) is 0 Å². The van der Waals surface area contributed by atoms with E-state index in [4.69, 9.17) is 5.73 Å². The van der Waals surface area contributed by atoms with Crippen LogP contribution in [-0.4, -0.2) is 17.4 Å². The van der Waals surface area contributed by atoms with Gasteiger partial charge in [-0.1, -0.05) is 12.2 Å². The predicted molar refractivity (Wildman–Crippen MR) is 44.7 cm³/mol. The molecule has 0 aliphatic carbocycles. The third kappa shape index (κ3) is 7.36. The molecule has 58 valence electrons. The largest absolute Gasteiger partial charge is 0.393 e. The van der Waals surface area contributed by atoms with Crippen LogP contribution in [0.15, 0.2) is 0 Å². The summed E-state index contributed by atoms with van der Waals surface area (Å²) in [7, 11) is 0. The maximum Gasteiger partial charge on any atom is 0.216 e. The Labute approximate surface area is 66.0 Å². The first-order chi connectivity index (χ1) is 4.63. The van der Waals surface area contributed by atoms with Crippen molar-refractivity contribution in [3.63, 3.8) is 0 Å².